The highest BCUT2D eigenvalue weighted by Gasteiger charge is 2.42. The number of hydrogen-bond acceptors (Lipinski definition) is 5. The van der Waals surface area contributed by atoms with Crippen LogP contribution in [-0.2, 0) is 0 Å². The van der Waals surface area contributed by atoms with Crippen LogP contribution < -0.4 is 4.90 Å². The van der Waals surface area contributed by atoms with E-state index in [2.05, 4.69) is 37.9 Å². The molecule has 114 valence electrons. The normalized spacial score (nSPS) is 27.9. The number of anilines is 1. The highest BCUT2D eigenvalue weighted by molar-refractivity contribution is 5.87. The van der Waals surface area contributed by atoms with Crippen LogP contribution in [0.2, 0.25) is 0 Å². The molecule has 6 heteroatoms. The Bertz CT molecular complexity index is 703. The molecule has 1 N–H and O–H groups in total. The van der Waals surface area contributed by atoms with Gasteiger partial charge < -0.3 is 9.88 Å². The van der Waals surface area contributed by atoms with Gasteiger partial charge in [-0.2, -0.15) is 5.26 Å². The van der Waals surface area contributed by atoms with Gasteiger partial charge in [-0.05, 0) is 30.7 Å². The molecule has 0 aromatic carbocycles. The van der Waals surface area contributed by atoms with E-state index in [4.69, 9.17) is 5.26 Å². The van der Waals surface area contributed by atoms with Gasteiger partial charge in [-0.15, -0.1) is 0 Å². The zero-order chi connectivity index (χ0) is 15.1. The fraction of sp³-hybridized carbons (Fsp3) is 0.562. The van der Waals surface area contributed by atoms with E-state index in [0.717, 1.165) is 41.8 Å². The fourth-order valence-electron chi connectivity index (χ4n) is 4.22. The predicted molar refractivity (Wildman–Crippen MR) is 84.3 cm³/mol. The van der Waals surface area contributed by atoms with E-state index in [9.17, 15) is 0 Å². The monoisotopic (exact) mass is 296 g/mol. The molecular weight excluding hydrogens is 276 g/mol. The summed E-state index contributed by atoms with van der Waals surface area (Å²) in [6, 6.07) is 4.85. The summed E-state index contributed by atoms with van der Waals surface area (Å²) in [6.45, 7) is 2.72. The Hall–Kier alpha value is -2.13. The largest absolute Gasteiger partial charge is 0.356 e. The summed E-state index contributed by atoms with van der Waals surface area (Å²) < 4.78 is 0. The number of fused-ring (bicyclic) bond motifs is 2. The number of likely N-dealkylation sites (tertiary alicyclic amines) is 1. The standard InChI is InChI=1S/C16H20N6/c1-21(16-14-2-4-18-15(14)19-10-20-16)13-6-11-8-22(5-3-17)9-12(11)7-13/h2,4,10-13H,5-9H2,1H3,(H,18,19,20)/t11-,12+,13+. The number of H-pyrrole nitrogens is 1. The van der Waals surface area contributed by atoms with Crippen LogP contribution in [0.15, 0.2) is 18.6 Å². The van der Waals surface area contributed by atoms with Gasteiger partial charge in [-0.1, -0.05) is 0 Å². The third-order valence-electron chi connectivity index (χ3n) is 5.31. The topological polar surface area (TPSA) is 71.8 Å². The average molecular weight is 296 g/mol. The minimum atomic E-state index is 0.534. The highest BCUT2D eigenvalue weighted by atomic mass is 15.2. The Kier molecular flexibility index (Phi) is 3.23. The second-order valence-corrected chi connectivity index (χ2v) is 6.55. The van der Waals surface area contributed by atoms with Crippen LogP contribution in [0.1, 0.15) is 12.8 Å². The number of nitrogens with zero attached hydrogens (tertiary/aromatic N) is 5. The number of aromatic nitrogens is 3. The maximum atomic E-state index is 8.84. The molecule has 0 unspecified atom stereocenters. The molecule has 1 saturated carbocycles. The van der Waals surface area contributed by atoms with E-state index in [1.165, 1.54) is 12.8 Å². The van der Waals surface area contributed by atoms with Crippen molar-refractivity contribution in [2.75, 3.05) is 31.6 Å². The molecule has 2 aromatic rings. The Balaban J connectivity index is 1.51. The Morgan fingerprint density at radius 1 is 1.36 bits per heavy atom. The van der Waals surface area contributed by atoms with Gasteiger partial charge in [0.05, 0.1) is 18.0 Å². The average Bonchev–Trinajstić information content (AvgIpc) is 3.19. The first-order chi connectivity index (χ1) is 10.8. The number of nitrogens with one attached hydrogen (secondary N) is 1. The van der Waals surface area contributed by atoms with E-state index in [0.29, 0.717) is 12.6 Å². The van der Waals surface area contributed by atoms with E-state index >= 15 is 0 Å². The van der Waals surface area contributed by atoms with Crippen LogP contribution in [0.4, 0.5) is 5.82 Å². The maximum Gasteiger partial charge on any atom is 0.142 e. The van der Waals surface area contributed by atoms with Gasteiger partial charge in [0.25, 0.3) is 0 Å². The van der Waals surface area contributed by atoms with E-state index in [1.807, 2.05) is 12.3 Å². The maximum absolute atomic E-state index is 8.84. The third-order valence-corrected chi connectivity index (χ3v) is 5.31. The Morgan fingerprint density at radius 3 is 2.86 bits per heavy atom. The number of hydrogen-bond donors (Lipinski definition) is 1. The molecule has 2 fully saturated rings. The molecule has 1 saturated heterocycles. The van der Waals surface area contributed by atoms with Gasteiger partial charge in [-0.25, -0.2) is 9.97 Å². The van der Waals surface area contributed by atoms with Crippen molar-refractivity contribution in [3.63, 3.8) is 0 Å². The number of rotatable bonds is 3. The second kappa shape index (κ2) is 5.25. The van der Waals surface area contributed by atoms with Crippen molar-refractivity contribution in [3.8, 4) is 6.07 Å². The summed E-state index contributed by atoms with van der Waals surface area (Å²) in [5.74, 6) is 2.47. The predicted octanol–water partition coefficient (Wildman–Crippen LogP) is 1.63. The lowest BCUT2D eigenvalue weighted by molar-refractivity contribution is 0.340. The first-order valence-corrected chi connectivity index (χ1v) is 7.86. The van der Waals surface area contributed by atoms with Crippen LogP contribution in [0, 0.1) is 23.2 Å². The van der Waals surface area contributed by atoms with Crippen molar-refractivity contribution < 1.29 is 0 Å². The minimum absolute atomic E-state index is 0.534. The zero-order valence-corrected chi connectivity index (χ0v) is 12.7. The molecule has 1 aliphatic heterocycles. The molecule has 22 heavy (non-hydrogen) atoms. The van der Waals surface area contributed by atoms with Crippen molar-refractivity contribution in [1.82, 2.24) is 19.9 Å². The summed E-state index contributed by atoms with van der Waals surface area (Å²) >= 11 is 0. The van der Waals surface area contributed by atoms with Crippen molar-refractivity contribution in [2.45, 2.75) is 18.9 Å². The van der Waals surface area contributed by atoms with Crippen LogP contribution >= 0.6 is 0 Å². The van der Waals surface area contributed by atoms with Gasteiger partial charge in [0.2, 0.25) is 0 Å². The lowest BCUT2D eigenvalue weighted by Gasteiger charge is -2.27. The van der Waals surface area contributed by atoms with Crippen molar-refractivity contribution in [2.24, 2.45) is 11.8 Å². The summed E-state index contributed by atoms with van der Waals surface area (Å²) in [6.07, 6.45) is 5.94. The number of nitriles is 1. The van der Waals surface area contributed by atoms with Gasteiger partial charge >= 0.3 is 0 Å². The molecule has 0 bridgehead atoms. The molecule has 1 aliphatic carbocycles. The Labute approximate surface area is 129 Å². The molecular formula is C16H20N6. The molecule has 0 radical (unpaired) electrons. The first-order valence-electron chi connectivity index (χ1n) is 7.86. The molecule has 3 atom stereocenters. The summed E-state index contributed by atoms with van der Waals surface area (Å²) in [5.41, 5.74) is 0.898. The molecule has 4 rings (SSSR count). The smallest absolute Gasteiger partial charge is 0.142 e. The van der Waals surface area contributed by atoms with Crippen molar-refractivity contribution >= 4 is 16.9 Å². The molecule has 0 spiro atoms. The van der Waals surface area contributed by atoms with Crippen LogP contribution in [0.3, 0.4) is 0 Å². The molecule has 6 nitrogen and oxygen atoms in total. The highest BCUT2D eigenvalue weighted by Crippen LogP contribution is 2.41. The summed E-state index contributed by atoms with van der Waals surface area (Å²) in [4.78, 5) is 16.5. The van der Waals surface area contributed by atoms with Crippen molar-refractivity contribution in [3.05, 3.63) is 18.6 Å². The Morgan fingerprint density at radius 2 is 2.14 bits per heavy atom. The SMILES string of the molecule is CN(c1ncnc2[nH]ccc12)[C@H]1C[C@@H]2CN(CC#N)C[C@@H]2C1. The van der Waals surface area contributed by atoms with Gasteiger partial charge in [0, 0.05) is 32.4 Å². The number of aromatic amines is 1. The lowest BCUT2D eigenvalue weighted by Crippen LogP contribution is -2.32. The molecule has 3 heterocycles. The van der Waals surface area contributed by atoms with E-state index in [-0.39, 0.29) is 0 Å². The van der Waals surface area contributed by atoms with Crippen LogP contribution in [0.5, 0.6) is 0 Å². The summed E-state index contributed by atoms with van der Waals surface area (Å²) in [7, 11) is 2.15. The second-order valence-electron chi connectivity index (χ2n) is 6.55. The van der Waals surface area contributed by atoms with E-state index in [1.54, 1.807) is 6.33 Å². The van der Waals surface area contributed by atoms with Gasteiger partial charge in [-0.3, -0.25) is 4.90 Å². The molecule has 2 aromatic heterocycles. The van der Waals surface area contributed by atoms with Crippen LogP contribution in [-0.4, -0.2) is 52.6 Å². The zero-order valence-electron chi connectivity index (χ0n) is 12.7. The van der Waals surface area contributed by atoms with Crippen molar-refractivity contribution in [1.29, 1.82) is 5.26 Å². The quantitative estimate of drug-likeness (QED) is 0.872. The molecule has 0 amide bonds. The minimum Gasteiger partial charge on any atom is -0.356 e. The lowest BCUT2D eigenvalue weighted by atomic mass is 10.0. The summed E-state index contributed by atoms with van der Waals surface area (Å²) in [5, 5.41) is 9.93. The third kappa shape index (κ3) is 2.13. The van der Waals surface area contributed by atoms with Gasteiger partial charge in [0.1, 0.15) is 17.8 Å². The molecule has 2 aliphatic rings. The van der Waals surface area contributed by atoms with E-state index < -0.39 is 0 Å². The first kappa shape index (κ1) is 13.5. The van der Waals surface area contributed by atoms with Gasteiger partial charge in [0.15, 0.2) is 0 Å². The van der Waals surface area contributed by atoms with Crippen LogP contribution in [0.25, 0.3) is 11.0 Å². The fourth-order valence-corrected chi connectivity index (χ4v) is 4.22.